The standard InChI is InChI=1S/C14H18N2O4.C2H6/c1-8-4-2-5-9-6-3-7-10(19-13(15)17)12(11(8)9)20-14(16)18;1-2/h2,4-5,10,12H,3,6-7H2,1H3,(H2,15,17)(H2,16,18);1-2H3/t10-,12-;/m0./s1. The fourth-order valence-electron chi connectivity index (χ4n) is 2.73. The van der Waals surface area contributed by atoms with Crippen LogP contribution < -0.4 is 11.5 Å². The van der Waals surface area contributed by atoms with Gasteiger partial charge in [-0.25, -0.2) is 9.59 Å². The summed E-state index contributed by atoms with van der Waals surface area (Å²) in [5.74, 6) is 0. The number of ether oxygens (including phenoxy) is 2. The van der Waals surface area contributed by atoms with Crippen molar-refractivity contribution >= 4 is 12.2 Å². The maximum absolute atomic E-state index is 11.2. The molecule has 1 aliphatic rings. The van der Waals surface area contributed by atoms with Crippen LogP contribution in [0.5, 0.6) is 0 Å². The van der Waals surface area contributed by atoms with Crippen LogP contribution in [0.4, 0.5) is 9.59 Å². The molecule has 0 radical (unpaired) electrons. The number of hydrogen-bond acceptors (Lipinski definition) is 4. The molecule has 0 saturated heterocycles. The maximum Gasteiger partial charge on any atom is 0.405 e. The molecule has 1 aromatic rings. The van der Waals surface area contributed by atoms with Gasteiger partial charge >= 0.3 is 12.2 Å². The summed E-state index contributed by atoms with van der Waals surface area (Å²) in [4.78, 5) is 22.2. The Balaban J connectivity index is 0.00000116. The number of rotatable bonds is 2. The lowest BCUT2D eigenvalue weighted by Gasteiger charge is -2.26. The summed E-state index contributed by atoms with van der Waals surface area (Å²) in [7, 11) is 0. The van der Waals surface area contributed by atoms with Gasteiger partial charge in [0, 0.05) is 5.56 Å². The lowest BCUT2D eigenvalue weighted by atomic mass is 9.95. The first-order valence-corrected chi connectivity index (χ1v) is 7.49. The zero-order chi connectivity index (χ0) is 16.7. The van der Waals surface area contributed by atoms with E-state index in [9.17, 15) is 9.59 Å². The molecule has 0 heterocycles. The van der Waals surface area contributed by atoms with Crippen LogP contribution in [0.15, 0.2) is 18.2 Å². The van der Waals surface area contributed by atoms with Crippen molar-refractivity contribution in [2.24, 2.45) is 11.5 Å². The highest BCUT2D eigenvalue weighted by atomic mass is 16.6. The lowest BCUT2D eigenvalue weighted by Crippen LogP contribution is -2.32. The van der Waals surface area contributed by atoms with Crippen molar-refractivity contribution in [1.29, 1.82) is 0 Å². The predicted molar refractivity (Wildman–Crippen MR) is 83.3 cm³/mol. The Labute approximate surface area is 130 Å². The molecule has 0 aliphatic heterocycles. The van der Waals surface area contributed by atoms with Gasteiger partial charge in [0.2, 0.25) is 0 Å². The van der Waals surface area contributed by atoms with E-state index in [1.807, 2.05) is 39.0 Å². The van der Waals surface area contributed by atoms with E-state index >= 15 is 0 Å². The smallest absolute Gasteiger partial charge is 0.405 e. The number of benzene rings is 1. The average molecular weight is 308 g/mol. The lowest BCUT2D eigenvalue weighted by molar-refractivity contribution is -0.00764. The summed E-state index contributed by atoms with van der Waals surface area (Å²) in [5.41, 5.74) is 13.1. The van der Waals surface area contributed by atoms with Crippen molar-refractivity contribution in [3.05, 3.63) is 34.9 Å². The third-order valence-electron chi connectivity index (χ3n) is 3.48. The molecule has 122 valence electrons. The zero-order valence-corrected chi connectivity index (χ0v) is 13.3. The first kappa shape index (κ1) is 17.8. The van der Waals surface area contributed by atoms with E-state index < -0.39 is 24.4 Å². The van der Waals surface area contributed by atoms with E-state index in [1.54, 1.807) is 0 Å². The van der Waals surface area contributed by atoms with Crippen LogP contribution in [-0.2, 0) is 15.9 Å². The highest BCUT2D eigenvalue weighted by Gasteiger charge is 2.34. The molecule has 2 atom stereocenters. The van der Waals surface area contributed by atoms with Gasteiger partial charge in [0.25, 0.3) is 0 Å². The number of carbonyl (C=O) groups excluding carboxylic acids is 2. The minimum atomic E-state index is -0.899. The second-order valence-electron chi connectivity index (χ2n) is 4.87. The van der Waals surface area contributed by atoms with Gasteiger partial charge in [0.05, 0.1) is 0 Å². The Morgan fingerprint density at radius 1 is 1.14 bits per heavy atom. The molecule has 6 nitrogen and oxygen atoms in total. The molecule has 0 aromatic heterocycles. The Kier molecular flexibility index (Phi) is 6.69. The van der Waals surface area contributed by atoms with Crippen molar-refractivity contribution in [3.8, 4) is 0 Å². The van der Waals surface area contributed by atoms with Crippen molar-refractivity contribution in [1.82, 2.24) is 0 Å². The Morgan fingerprint density at radius 3 is 2.36 bits per heavy atom. The van der Waals surface area contributed by atoms with Crippen LogP contribution in [0, 0.1) is 6.92 Å². The van der Waals surface area contributed by atoms with E-state index in [4.69, 9.17) is 20.9 Å². The molecule has 2 rings (SSSR count). The number of primary amides is 2. The van der Waals surface area contributed by atoms with E-state index in [0.29, 0.717) is 6.42 Å². The molecule has 0 unspecified atom stereocenters. The van der Waals surface area contributed by atoms with Gasteiger partial charge in [0.15, 0.2) is 6.10 Å². The Morgan fingerprint density at radius 2 is 1.77 bits per heavy atom. The highest BCUT2D eigenvalue weighted by Crippen LogP contribution is 2.35. The zero-order valence-electron chi connectivity index (χ0n) is 13.3. The normalized spacial score (nSPS) is 19.8. The molecular formula is C16H24N2O4. The van der Waals surface area contributed by atoms with E-state index in [1.165, 1.54) is 0 Å². The monoisotopic (exact) mass is 308 g/mol. The first-order valence-electron chi connectivity index (χ1n) is 7.49. The molecule has 0 bridgehead atoms. The molecule has 2 amide bonds. The fourth-order valence-corrected chi connectivity index (χ4v) is 2.73. The Hall–Kier alpha value is -2.24. The summed E-state index contributed by atoms with van der Waals surface area (Å²) in [6.45, 7) is 5.92. The van der Waals surface area contributed by atoms with Crippen LogP contribution in [0.2, 0.25) is 0 Å². The molecular weight excluding hydrogens is 284 g/mol. The third kappa shape index (κ3) is 4.38. The molecule has 4 N–H and O–H groups in total. The Bertz CT molecular complexity index is 531. The number of aryl methyl sites for hydroxylation is 2. The predicted octanol–water partition coefficient (Wildman–Crippen LogP) is 2.96. The van der Waals surface area contributed by atoms with Gasteiger partial charge < -0.3 is 20.9 Å². The minimum Gasteiger partial charge on any atom is -0.442 e. The van der Waals surface area contributed by atoms with Crippen LogP contribution in [0.25, 0.3) is 0 Å². The first-order chi connectivity index (χ1) is 10.5. The van der Waals surface area contributed by atoms with Crippen molar-refractivity contribution in [2.45, 2.75) is 52.2 Å². The maximum atomic E-state index is 11.2. The largest absolute Gasteiger partial charge is 0.442 e. The molecule has 0 spiro atoms. The quantitative estimate of drug-likeness (QED) is 0.819. The molecule has 1 aromatic carbocycles. The molecule has 1 aliphatic carbocycles. The number of fused-ring (bicyclic) bond motifs is 1. The van der Waals surface area contributed by atoms with Crippen LogP contribution >= 0.6 is 0 Å². The number of carbonyl (C=O) groups is 2. The molecule has 6 heteroatoms. The average Bonchev–Trinajstić information content (AvgIpc) is 2.61. The summed E-state index contributed by atoms with van der Waals surface area (Å²) >= 11 is 0. The topological polar surface area (TPSA) is 105 Å². The number of hydrogen-bond donors (Lipinski definition) is 2. The summed E-state index contributed by atoms with van der Waals surface area (Å²) in [6.07, 6.45) is -0.897. The van der Waals surface area contributed by atoms with E-state index in [0.717, 1.165) is 29.5 Å². The van der Waals surface area contributed by atoms with Gasteiger partial charge in [-0.3, -0.25) is 0 Å². The van der Waals surface area contributed by atoms with Crippen molar-refractivity contribution in [3.63, 3.8) is 0 Å². The minimum absolute atomic E-state index is 0.564. The van der Waals surface area contributed by atoms with Gasteiger partial charge in [0.1, 0.15) is 6.10 Å². The van der Waals surface area contributed by atoms with E-state index in [-0.39, 0.29) is 0 Å². The third-order valence-corrected chi connectivity index (χ3v) is 3.48. The summed E-state index contributed by atoms with van der Waals surface area (Å²) < 4.78 is 10.3. The van der Waals surface area contributed by atoms with Gasteiger partial charge in [-0.2, -0.15) is 0 Å². The SMILES string of the molecule is CC.Cc1cccc2c1[C@@H](OC(N)=O)[C@@H](OC(N)=O)CCC2. The summed E-state index contributed by atoms with van der Waals surface area (Å²) in [5, 5.41) is 0. The second-order valence-corrected chi connectivity index (χ2v) is 4.87. The number of nitrogens with two attached hydrogens (primary N) is 2. The van der Waals surface area contributed by atoms with Gasteiger partial charge in [-0.05, 0) is 37.3 Å². The van der Waals surface area contributed by atoms with Crippen LogP contribution in [0.1, 0.15) is 49.5 Å². The second kappa shape index (κ2) is 8.26. The van der Waals surface area contributed by atoms with Gasteiger partial charge in [-0.1, -0.05) is 32.0 Å². The van der Waals surface area contributed by atoms with Gasteiger partial charge in [-0.15, -0.1) is 0 Å². The molecule has 22 heavy (non-hydrogen) atoms. The molecule has 0 saturated carbocycles. The highest BCUT2D eigenvalue weighted by molar-refractivity contribution is 5.66. The van der Waals surface area contributed by atoms with Crippen molar-refractivity contribution < 1.29 is 19.1 Å². The number of amides is 2. The van der Waals surface area contributed by atoms with Crippen LogP contribution in [-0.4, -0.2) is 18.3 Å². The van der Waals surface area contributed by atoms with Crippen molar-refractivity contribution in [2.75, 3.05) is 0 Å². The summed E-state index contributed by atoms with van der Waals surface area (Å²) in [6, 6.07) is 5.85. The fraction of sp³-hybridized carbons (Fsp3) is 0.500. The van der Waals surface area contributed by atoms with E-state index in [2.05, 4.69) is 0 Å². The van der Waals surface area contributed by atoms with Crippen LogP contribution in [0.3, 0.4) is 0 Å². The molecule has 0 fully saturated rings.